The van der Waals surface area contributed by atoms with Gasteiger partial charge in [0.25, 0.3) is 0 Å². The maximum atomic E-state index is 11.6. The molecule has 2 aromatic carbocycles. The normalized spacial score (nSPS) is 12.5. The zero-order valence-corrected chi connectivity index (χ0v) is 26.2. The average Bonchev–Trinajstić information content (AvgIpc) is 2.95. The molecule has 0 heterocycles. The van der Waals surface area contributed by atoms with Gasteiger partial charge in [-0.25, -0.2) is 0 Å². The Labute approximate surface area is 261 Å². The van der Waals surface area contributed by atoms with E-state index in [-0.39, 0.29) is 36.5 Å². The van der Waals surface area contributed by atoms with Gasteiger partial charge in [-0.1, -0.05) is 60.7 Å². The molecule has 0 spiro atoms. The Morgan fingerprint density at radius 2 is 1.00 bits per heavy atom. The molecule has 0 aliphatic heterocycles. The number of unbranched alkanes of at least 4 members (excludes halogenated alkanes) is 1. The summed E-state index contributed by atoms with van der Waals surface area (Å²) in [4.78, 5) is 50.6. The van der Waals surface area contributed by atoms with Crippen LogP contribution < -0.4 is 10.6 Å². The molecular weight excluding hydrogens is 560 g/mol. The van der Waals surface area contributed by atoms with Gasteiger partial charge in [-0.05, 0) is 61.7 Å². The molecule has 10 heteroatoms. The Morgan fingerprint density at radius 1 is 0.636 bits per heavy atom. The van der Waals surface area contributed by atoms with Gasteiger partial charge in [0.15, 0.2) is 0 Å². The molecular formula is C34H50N4O6. The molecule has 0 aliphatic carbocycles. The first kappa shape index (κ1) is 36.4. The van der Waals surface area contributed by atoms with Crippen LogP contribution in [0.5, 0.6) is 0 Å². The summed E-state index contributed by atoms with van der Waals surface area (Å²) in [6.07, 6.45) is 3.04. The van der Waals surface area contributed by atoms with Gasteiger partial charge in [0, 0.05) is 66.0 Å². The molecule has 4 N–H and O–H groups in total. The molecule has 2 aromatic rings. The number of carboxylic acids is 2. The molecule has 0 bridgehead atoms. The highest BCUT2D eigenvalue weighted by atomic mass is 16.4. The molecule has 10 nitrogen and oxygen atoms in total. The zero-order chi connectivity index (χ0) is 32.2. The van der Waals surface area contributed by atoms with E-state index in [9.17, 15) is 29.4 Å². The summed E-state index contributed by atoms with van der Waals surface area (Å²) in [6.45, 7) is 8.00. The minimum absolute atomic E-state index is 0.0409. The molecule has 0 aromatic heterocycles. The molecule has 2 amide bonds. The number of rotatable bonds is 23. The van der Waals surface area contributed by atoms with Crippen LogP contribution in [0.15, 0.2) is 60.7 Å². The molecule has 44 heavy (non-hydrogen) atoms. The van der Waals surface area contributed by atoms with Crippen LogP contribution in [0.4, 0.5) is 0 Å². The summed E-state index contributed by atoms with van der Waals surface area (Å²) < 4.78 is 0. The third kappa shape index (κ3) is 17.4. The van der Waals surface area contributed by atoms with Crippen molar-refractivity contribution in [3.05, 3.63) is 71.8 Å². The van der Waals surface area contributed by atoms with E-state index in [0.717, 1.165) is 37.1 Å². The van der Waals surface area contributed by atoms with Crippen molar-refractivity contribution < 1.29 is 29.4 Å². The van der Waals surface area contributed by atoms with Crippen LogP contribution >= 0.6 is 0 Å². The molecule has 2 rings (SSSR count). The Kier molecular flexibility index (Phi) is 17.4. The maximum absolute atomic E-state index is 11.6. The number of hydrogen-bond acceptors (Lipinski definition) is 6. The number of aliphatic carboxylic acids is 2. The second-order valence-electron chi connectivity index (χ2n) is 11.6. The number of hydrogen-bond donors (Lipinski definition) is 4. The first-order chi connectivity index (χ1) is 21.1. The lowest BCUT2D eigenvalue weighted by Crippen LogP contribution is -2.35. The predicted molar refractivity (Wildman–Crippen MR) is 171 cm³/mol. The van der Waals surface area contributed by atoms with Crippen molar-refractivity contribution >= 4 is 23.8 Å². The van der Waals surface area contributed by atoms with Crippen molar-refractivity contribution in [2.75, 3.05) is 39.3 Å². The fraction of sp³-hybridized carbons (Fsp3) is 0.529. The van der Waals surface area contributed by atoms with E-state index in [0.29, 0.717) is 52.1 Å². The van der Waals surface area contributed by atoms with Gasteiger partial charge in [0.2, 0.25) is 11.8 Å². The second kappa shape index (κ2) is 21.0. The first-order valence-electron chi connectivity index (χ1n) is 15.6. The van der Waals surface area contributed by atoms with Gasteiger partial charge >= 0.3 is 11.9 Å². The largest absolute Gasteiger partial charge is 0.481 e. The van der Waals surface area contributed by atoms with Crippen molar-refractivity contribution in [2.45, 2.75) is 65.5 Å². The summed E-state index contributed by atoms with van der Waals surface area (Å²) in [5.74, 6) is -2.13. The minimum atomic E-state index is -0.844. The van der Waals surface area contributed by atoms with Gasteiger partial charge < -0.3 is 20.8 Å². The smallest absolute Gasteiger partial charge is 0.303 e. The third-order valence-corrected chi connectivity index (χ3v) is 7.51. The van der Waals surface area contributed by atoms with Crippen LogP contribution in [0.25, 0.3) is 0 Å². The first-order valence-corrected chi connectivity index (χ1v) is 15.6. The maximum Gasteiger partial charge on any atom is 0.303 e. The molecule has 0 saturated carbocycles. The fourth-order valence-corrected chi connectivity index (χ4v) is 5.47. The van der Waals surface area contributed by atoms with Crippen molar-refractivity contribution in [3.8, 4) is 0 Å². The predicted octanol–water partition coefficient (Wildman–Crippen LogP) is 4.01. The number of carboxylic acid groups (broad SMARTS) is 2. The summed E-state index contributed by atoms with van der Waals surface area (Å²) >= 11 is 0. The Hall–Kier alpha value is -3.76. The number of benzene rings is 2. The SMILES string of the molecule is CC(=O)NCC[C@@H](CC(=O)O)CN(CCCCN(Cc1ccccc1)C[C@@H](CCNC(C)=O)CC(=O)O)Cc1ccccc1. The highest BCUT2D eigenvalue weighted by Crippen LogP contribution is 2.17. The van der Waals surface area contributed by atoms with E-state index < -0.39 is 11.9 Å². The Bertz CT molecular complexity index is 1040. The zero-order valence-electron chi connectivity index (χ0n) is 26.2. The molecule has 242 valence electrons. The lowest BCUT2D eigenvalue weighted by Gasteiger charge is -2.29. The highest BCUT2D eigenvalue weighted by molar-refractivity contribution is 5.73. The number of carbonyl (C=O) groups is 4. The minimum Gasteiger partial charge on any atom is -0.481 e. The molecule has 2 atom stereocenters. The van der Waals surface area contributed by atoms with E-state index in [1.54, 1.807) is 0 Å². The van der Waals surface area contributed by atoms with Crippen LogP contribution in [0.3, 0.4) is 0 Å². The van der Waals surface area contributed by atoms with E-state index in [4.69, 9.17) is 0 Å². The number of nitrogens with zero attached hydrogens (tertiary/aromatic N) is 2. The van der Waals surface area contributed by atoms with Crippen molar-refractivity contribution in [1.29, 1.82) is 0 Å². The van der Waals surface area contributed by atoms with Gasteiger partial charge in [0.1, 0.15) is 0 Å². The van der Waals surface area contributed by atoms with Crippen LogP contribution in [0.1, 0.15) is 63.5 Å². The van der Waals surface area contributed by atoms with Crippen LogP contribution in [0.2, 0.25) is 0 Å². The topological polar surface area (TPSA) is 139 Å². The van der Waals surface area contributed by atoms with Gasteiger partial charge in [0.05, 0.1) is 0 Å². The van der Waals surface area contributed by atoms with Crippen LogP contribution in [-0.2, 0) is 32.3 Å². The summed E-state index contributed by atoms with van der Waals surface area (Å²) in [5, 5.41) is 24.6. The molecule has 0 saturated heterocycles. The van der Waals surface area contributed by atoms with E-state index >= 15 is 0 Å². The highest BCUT2D eigenvalue weighted by Gasteiger charge is 2.20. The van der Waals surface area contributed by atoms with E-state index in [1.807, 2.05) is 36.4 Å². The van der Waals surface area contributed by atoms with E-state index in [2.05, 4.69) is 44.7 Å². The van der Waals surface area contributed by atoms with Crippen LogP contribution in [0, 0.1) is 11.8 Å². The lowest BCUT2D eigenvalue weighted by atomic mass is 9.99. The monoisotopic (exact) mass is 610 g/mol. The molecule has 0 unspecified atom stereocenters. The fourth-order valence-electron chi connectivity index (χ4n) is 5.47. The summed E-state index contributed by atoms with van der Waals surface area (Å²) in [5.41, 5.74) is 2.31. The molecule has 0 aliphatic rings. The van der Waals surface area contributed by atoms with Gasteiger partial charge in [-0.3, -0.25) is 29.0 Å². The molecule has 0 fully saturated rings. The van der Waals surface area contributed by atoms with Crippen molar-refractivity contribution in [2.24, 2.45) is 11.8 Å². The van der Waals surface area contributed by atoms with Crippen LogP contribution in [-0.4, -0.2) is 83.0 Å². The Balaban J connectivity index is 2.07. The van der Waals surface area contributed by atoms with E-state index in [1.165, 1.54) is 13.8 Å². The van der Waals surface area contributed by atoms with Gasteiger partial charge in [-0.15, -0.1) is 0 Å². The van der Waals surface area contributed by atoms with Crippen molar-refractivity contribution in [1.82, 2.24) is 20.4 Å². The third-order valence-electron chi connectivity index (χ3n) is 7.51. The summed E-state index contributed by atoms with van der Waals surface area (Å²) in [7, 11) is 0. The number of carbonyl (C=O) groups excluding carboxylic acids is 2. The van der Waals surface area contributed by atoms with Gasteiger partial charge in [-0.2, -0.15) is 0 Å². The average molecular weight is 611 g/mol. The lowest BCUT2D eigenvalue weighted by molar-refractivity contribution is -0.139. The van der Waals surface area contributed by atoms with Crippen molar-refractivity contribution in [3.63, 3.8) is 0 Å². The quantitative estimate of drug-likeness (QED) is 0.139. The Morgan fingerprint density at radius 3 is 1.32 bits per heavy atom. The second-order valence-corrected chi connectivity index (χ2v) is 11.6. The summed E-state index contributed by atoms with van der Waals surface area (Å²) in [6, 6.07) is 20.2. The number of amides is 2. The number of nitrogens with one attached hydrogen (secondary N) is 2. The molecule has 0 radical (unpaired) electrons. The standard InChI is InChI=1S/C34H50N4O6/c1-27(39)35-17-15-31(21-33(41)42)25-37(23-29-11-5-3-6-12-29)19-9-10-20-38(24-30-13-7-4-8-14-30)26-32(22-34(43)44)16-18-36-28(2)40/h3-8,11-14,31-32H,9-10,15-26H2,1-2H3,(H,35,39)(H,36,40)(H,41,42)(H,43,44)/t31-,32-/m0/s1.